The van der Waals surface area contributed by atoms with Crippen molar-refractivity contribution in [1.29, 1.82) is 0 Å². The predicted octanol–water partition coefficient (Wildman–Crippen LogP) is 7.61. The maximum Gasteiger partial charge on any atom is 0.270 e. The molecule has 1 N–H and O–H groups in total. The van der Waals surface area contributed by atoms with Crippen LogP contribution < -0.4 is 5.32 Å². The van der Waals surface area contributed by atoms with Gasteiger partial charge >= 0.3 is 0 Å². The van der Waals surface area contributed by atoms with Gasteiger partial charge < -0.3 is 9.88 Å². The number of benzene rings is 3. The maximum atomic E-state index is 13.6. The summed E-state index contributed by atoms with van der Waals surface area (Å²) in [6.45, 7) is 8.27. The lowest BCUT2D eigenvalue weighted by Gasteiger charge is -2.18. The molecule has 4 heteroatoms. The van der Waals surface area contributed by atoms with Crippen molar-refractivity contribution in [3.05, 3.63) is 102 Å². The zero-order valence-corrected chi connectivity index (χ0v) is 21.6. The van der Waals surface area contributed by atoms with Gasteiger partial charge in [-0.1, -0.05) is 119 Å². The minimum atomic E-state index is -0.115. The maximum absolute atomic E-state index is 13.6. The molecule has 0 fully saturated rings. The molecule has 0 saturated carbocycles. The molecule has 4 aromatic rings. The SMILES string of the molecule is CC.CCCc1ccc(-c2nc(-c3ccccc3)n(C)c2C(=O)NC(CC)c2ccccc2)cc1. The molecule has 35 heavy (non-hydrogen) atoms. The Morgan fingerprint density at radius 3 is 2.03 bits per heavy atom. The highest BCUT2D eigenvalue weighted by Gasteiger charge is 2.25. The number of imidazole rings is 1. The summed E-state index contributed by atoms with van der Waals surface area (Å²) in [5.41, 5.74) is 5.61. The van der Waals surface area contributed by atoms with Crippen molar-refractivity contribution >= 4 is 5.91 Å². The highest BCUT2D eigenvalue weighted by atomic mass is 16.2. The van der Waals surface area contributed by atoms with E-state index >= 15 is 0 Å². The first-order chi connectivity index (χ1) is 17.1. The van der Waals surface area contributed by atoms with Crippen molar-refractivity contribution in [3.8, 4) is 22.6 Å². The van der Waals surface area contributed by atoms with Crippen LogP contribution in [0.3, 0.4) is 0 Å². The van der Waals surface area contributed by atoms with Crippen LogP contribution in [-0.2, 0) is 13.5 Å². The molecule has 1 atom stereocenters. The second kappa shape index (κ2) is 12.7. The molecule has 1 amide bonds. The topological polar surface area (TPSA) is 46.9 Å². The van der Waals surface area contributed by atoms with Gasteiger partial charge in [-0.3, -0.25) is 4.79 Å². The first kappa shape index (κ1) is 26.0. The summed E-state index contributed by atoms with van der Waals surface area (Å²) in [5, 5.41) is 3.25. The molecule has 4 nitrogen and oxygen atoms in total. The molecule has 1 heterocycles. The zero-order valence-electron chi connectivity index (χ0n) is 21.6. The third kappa shape index (κ3) is 6.07. The van der Waals surface area contributed by atoms with Crippen LogP contribution in [0.15, 0.2) is 84.9 Å². The highest BCUT2D eigenvalue weighted by Crippen LogP contribution is 2.30. The molecule has 4 rings (SSSR count). The summed E-state index contributed by atoms with van der Waals surface area (Å²) in [5.74, 6) is 0.664. The zero-order chi connectivity index (χ0) is 25.2. The highest BCUT2D eigenvalue weighted by molar-refractivity contribution is 5.99. The summed E-state index contributed by atoms with van der Waals surface area (Å²) >= 11 is 0. The Labute approximate surface area is 210 Å². The van der Waals surface area contributed by atoms with Gasteiger partial charge in [-0.2, -0.15) is 0 Å². The van der Waals surface area contributed by atoms with E-state index in [-0.39, 0.29) is 11.9 Å². The minimum Gasteiger partial charge on any atom is -0.344 e. The van der Waals surface area contributed by atoms with Gasteiger partial charge in [0.25, 0.3) is 5.91 Å². The van der Waals surface area contributed by atoms with Gasteiger partial charge in [0.1, 0.15) is 17.2 Å². The van der Waals surface area contributed by atoms with Crippen molar-refractivity contribution in [1.82, 2.24) is 14.9 Å². The molecular weight excluding hydrogens is 430 g/mol. The number of rotatable bonds is 8. The Kier molecular flexibility index (Phi) is 9.42. The van der Waals surface area contributed by atoms with E-state index < -0.39 is 0 Å². The van der Waals surface area contributed by atoms with E-state index in [4.69, 9.17) is 4.98 Å². The van der Waals surface area contributed by atoms with Crippen LogP contribution >= 0.6 is 0 Å². The summed E-state index contributed by atoms with van der Waals surface area (Å²) in [6, 6.07) is 28.5. The van der Waals surface area contributed by atoms with E-state index in [0.29, 0.717) is 11.4 Å². The largest absolute Gasteiger partial charge is 0.344 e. The molecule has 0 aliphatic rings. The average Bonchev–Trinajstić information content (AvgIpc) is 3.27. The Morgan fingerprint density at radius 1 is 0.857 bits per heavy atom. The van der Waals surface area contributed by atoms with Gasteiger partial charge in [-0.15, -0.1) is 0 Å². The first-order valence-corrected chi connectivity index (χ1v) is 12.7. The molecule has 0 aliphatic heterocycles. The van der Waals surface area contributed by atoms with Crippen LogP contribution in [0.4, 0.5) is 0 Å². The van der Waals surface area contributed by atoms with Crippen LogP contribution in [0.2, 0.25) is 0 Å². The molecule has 0 radical (unpaired) electrons. The summed E-state index contributed by atoms with van der Waals surface area (Å²) in [4.78, 5) is 18.6. The predicted molar refractivity (Wildman–Crippen MR) is 146 cm³/mol. The fourth-order valence-electron chi connectivity index (χ4n) is 4.26. The van der Waals surface area contributed by atoms with Crippen molar-refractivity contribution < 1.29 is 4.79 Å². The Hall–Kier alpha value is -3.66. The molecule has 0 bridgehead atoms. The molecule has 1 aromatic heterocycles. The summed E-state index contributed by atoms with van der Waals surface area (Å²) in [6.07, 6.45) is 2.95. The van der Waals surface area contributed by atoms with E-state index in [9.17, 15) is 4.79 Å². The minimum absolute atomic E-state index is 0.0615. The van der Waals surface area contributed by atoms with Crippen LogP contribution in [0.25, 0.3) is 22.6 Å². The van der Waals surface area contributed by atoms with Crippen LogP contribution in [0.1, 0.15) is 68.2 Å². The molecule has 0 spiro atoms. The van der Waals surface area contributed by atoms with Crippen molar-refractivity contribution in [2.24, 2.45) is 7.05 Å². The van der Waals surface area contributed by atoms with Gasteiger partial charge in [0.05, 0.1) is 6.04 Å². The molecular formula is C31H37N3O. The second-order valence-corrected chi connectivity index (χ2v) is 8.35. The van der Waals surface area contributed by atoms with Crippen molar-refractivity contribution in [3.63, 3.8) is 0 Å². The lowest BCUT2D eigenvalue weighted by Crippen LogP contribution is -2.30. The first-order valence-electron chi connectivity index (χ1n) is 12.7. The number of carbonyl (C=O) groups is 1. The normalized spacial score (nSPS) is 11.3. The monoisotopic (exact) mass is 467 g/mol. The number of hydrogen-bond donors (Lipinski definition) is 1. The van der Waals surface area contributed by atoms with Crippen LogP contribution in [-0.4, -0.2) is 15.5 Å². The van der Waals surface area contributed by atoms with Crippen LogP contribution in [0, 0.1) is 0 Å². The molecule has 1 unspecified atom stereocenters. The summed E-state index contributed by atoms with van der Waals surface area (Å²) < 4.78 is 1.91. The van der Waals surface area contributed by atoms with E-state index in [1.54, 1.807) is 0 Å². The van der Waals surface area contributed by atoms with E-state index in [1.807, 2.05) is 74.0 Å². The van der Waals surface area contributed by atoms with Crippen molar-refractivity contribution in [2.45, 2.75) is 53.0 Å². The number of hydrogen-bond acceptors (Lipinski definition) is 2. The lowest BCUT2D eigenvalue weighted by molar-refractivity contribution is 0.0928. The van der Waals surface area contributed by atoms with Gasteiger partial charge in [0.2, 0.25) is 0 Å². The van der Waals surface area contributed by atoms with E-state index in [0.717, 1.165) is 41.8 Å². The smallest absolute Gasteiger partial charge is 0.270 e. The van der Waals surface area contributed by atoms with Gasteiger partial charge in [0, 0.05) is 18.2 Å². The van der Waals surface area contributed by atoms with E-state index in [1.165, 1.54) is 5.56 Å². The second-order valence-electron chi connectivity index (χ2n) is 8.35. The third-order valence-corrected chi connectivity index (χ3v) is 6.02. The fraction of sp³-hybridized carbons (Fsp3) is 0.290. The third-order valence-electron chi connectivity index (χ3n) is 6.02. The number of carbonyl (C=O) groups excluding carboxylic acids is 1. The number of aromatic nitrogens is 2. The van der Waals surface area contributed by atoms with Gasteiger partial charge in [-0.25, -0.2) is 4.98 Å². The van der Waals surface area contributed by atoms with E-state index in [2.05, 4.69) is 55.6 Å². The Morgan fingerprint density at radius 2 is 1.46 bits per heavy atom. The molecule has 182 valence electrons. The molecule has 0 saturated heterocycles. The Balaban J connectivity index is 0.00000167. The van der Waals surface area contributed by atoms with Gasteiger partial charge in [-0.05, 0) is 24.0 Å². The molecule has 0 aliphatic carbocycles. The molecule has 3 aromatic carbocycles. The fourth-order valence-corrected chi connectivity index (χ4v) is 4.26. The number of nitrogens with one attached hydrogen (secondary N) is 1. The van der Waals surface area contributed by atoms with Crippen LogP contribution in [0.5, 0.6) is 0 Å². The standard InChI is InChI=1S/C29H31N3O.C2H6/c1-4-12-21-17-19-23(20-18-21)26-27(32(3)28(31-26)24-15-10-7-11-16-24)29(33)30-25(5-2)22-13-8-6-9-14-22;1-2/h6-11,13-20,25H,4-5,12H2,1-3H3,(H,30,33);1-2H3. The Bertz CT molecular complexity index is 1200. The van der Waals surface area contributed by atoms with Crippen molar-refractivity contribution in [2.75, 3.05) is 0 Å². The summed E-state index contributed by atoms with van der Waals surface area (Å²) in [7, 11) is 1.92. The lowest BCUT2D eigenvalue weighted by atomic mass is 10.0. The number of nitrogens with zero attached hydrogens (tertiary/aromatic N) is 2. The number of amides is 1. The van der Waals surface area contributed by atoms with Gasteiger partial charge in [0.15, 0.2) is 0 Å². The number of aryl methyl sites for hydroxylation is 1. The quantitative estimate of drug-likeness (QED) is 0.290. The average molecular weight is 468 g/mol.